The van der Waals surface area contributed by atoms with Gasteiger partial charge in [-0.2, -0.15) is 4.39 Å². The van der Waals surface area contributed by atoms with Crippen LogP contribution in [0.5, 0.6) is 0 Å². The van der Waals surface area contributed by atoms with Crippen molar-refractivity contribution in [2.75, 3.05) is 6.54 Å². The highest BCUT2D eigenvalue weighted by Gasteiger charge is 2.52. The normalized spacial score (nSPS) is 19.5. The van der Waals surface area contributed by atoms with Gasteiger partial charge in [-0.15, -0.1) is 0 Å². The fourth-order valence-corrected chi connectivity index (χ4v) is 2.15. The number of amides is 1. The summed E-state index contributed by atoms with van der Waals surface area (Å²) in [5.74, 6) is -2.43. The number of rotatable bonds is 4. The summed E-state index contributed by atoms with van der Waals surface area (Å²) in [6.07, 6.45) is 2.78. The summed E-state index contributed by atoms with van der Waals surface area (Å²) in [5.41, 5.74) is -0.181. The Morgan fingerprint density at radius 2 is 1.88 bits per heavy atom. The Balaban J connectivity index is 2.33. The van der Waals surface area contributed by atoms with E-state index in [0.29, 0.717) is 11.0 Å². The number of pyridine rings is 1. The molecule has 1 aromatic rings. The Morgan fingerprint density at radius 1 is 1.29 bits per heavy atom. The van der Waals surface area contributed by atoms with E-state index in [2.05, 4.69) is 10.3 Å². The number of hydrogen-bond acceptors (Lipinski definition) is 4. The van der Waals surface area contributed by atoms with Gasteiger partial charge in [0.15, 0.2) is 5.82 Å². The van der Waals surface area contributed by atoms with E-state index in [9.17, 15) is 13.6 Å². The van der Waals surface area contributed by atoms with Crippen LogP contribution in [0.4, 0.5) is 8.78 Å². The smallest absolute Gasteiger partial charge is 0.400 e. The Labute approximate surface area is 140 Å². The predicted molar refractivity (Wildman–Crippen MR) is 86.9 cm³/mol. The molecule has 1 aliphatic heterocycles. The second-order valence-corrected chi connectivity index (χ2v) is 6.76. The second kappa shape index (κ2) is 6.60. The lowest BCUT2D eigenvalue weighted by Gasteiger charge is -2.32. The molecule has 1 N–H and O–H groups in total. The van der Waals surface area contributed by atoms with Crippen molar-refractivity contribution in [1.29, 1.82) is 0 Å². The third-order valence-corrected chi connectivity index (χ3v) is 4.27. The molecule has 0 atom stereocenters. The van der Waals surface area contributed by atoms with E-state index < -0.39 is 30.1 Å². The first kappa shape index (κ1) is 18.5. The van der Waals surface area contributed by atoms with Gasteiger partial charge < -0.3 is 14.6 Å². The zero-order valence-electron chi connectivity index (χ0n) is 14.4. The largest absolute Gasteiger partial charge is 0.492 e. The highest BCUT2D eigenvalue weighted by Crippen LogP contribution is 2.38. The number of aromatic nitrogens is 1. The fourth-order valence-electron chi connectivity index (χ4n) is 2.15. The van der Waals surface area contributed by atoms with Crippen LogP contribution in [-0.4, -0.2) is 35.8 Å². The Hall–Kier alpha value is -1.80. The molecule has 1 aromatic heterocycles. The SMILES string of the molecule is CC(=O)NCC(=Cc1cnc(F)c(F)c1)B1OC(C)(C)C(C)(C)O1. The summed E-state index contributed by atoms with van der Waals surface area (Å²) < 4.78 is 38.3. The van der Waals surface area contributed by atoms with Crippen LogP contribution in [0, 0.1) is 11.8 Å². The molecule has 0 aliphatic carbocycles. The summed E-state index contributed by atoms with van der Waals surface area (Å²) in [4.78, 5) is 14.6. The van der Waals surface area contributed by atoms with Crippen molar-refractivity contribution in [3.05, 3.63) is 35.1 Å². The van der Waals surface area contributed by atoms with Crippen molar-refractivity contribution in [3.8, 4) is 0 Å². The van der Waals surface area contributed by atoms with Gasteiger partial charge in [0, 0.05) is 19.7 Å². The topological polar surface area (TPSA) is 60.5 Å². The van der Waals surface area contributed by atoms with Crippen molar-refractivity contribution in [2.24, 2.45) is 0 Å². The van der Waals surface area contributed by atoms with Gasteiger partial charge in [-0.25, -0.2) is 9.37 Å². The van der Waals surface area contributed by atoms with Gasteiger partial charge in [0.05, 0.1) is 11.2 Å². The quantitative estimate of drug-likeness (QED) is 0.677. The zero-order valence-corrected chi connectivity index (χ0v) is 14.4. The molecule has 1 aliphatic rings. The summed E-state index contributed by atoms with van der Waals surface area (Å²) in [6.45, 7) is 9.17. The molecule has 1 amide bonds. The molecule has 1 saturated heterocycles. The lowest BCUT2D eigenvalue weighted by molar-refractivity contribution is -0.118. The highest BCUT2D eigenvalue weighted by molar-refractivity contribution is 6.56. The Bertz CT molecular complexity index is 661. The van der Waals surface area contributed by atoms with Crippen LogP contribution in [-0.2, 0) is 14.1 Å². The second-order valence-electron chi connectivity index (χ2n) is 6.76. The Kier molecular flexibility index (Phi) is 5.10. The maximum atomic E-state index is 13.4. The summed E-state index contributed by atoms with van der Waals surface area (Å²) in [6, 6.07) is 1.03. The molecule has 0 saturated carbocycles. The van der Waals surface area contributed by atoms with Gasteiger partial charge in [0.25, 0.3) is 0 Å². The molecule has 8 heteroatoms. The van der Waals surface area contributed by atoms with Crippen LogP contribution >= 0.6 is 0 Å². The molecular weight excluding hydrogens is 317 g/mol. The van der Waals surface area contributed by atoms with E-state index in [1.807, 2.05) is 27.7 Å². The number of nitrogens with zero attached hydrogens (tertiary/aromatic N) is 1. The van der Waals surface area contributed by atoms with Crippen LogP contribution < -0.4 is 5.32 Å². The van der Waals surface area contributed by atoms with Crippen LogP contribution in [0.15, 0.2) is 17.7 Å². The van der Waals surface area contributed by atoms with Gasteiger partial charge in [-0.05, 0) is 44.8 Å². The first-order valence-electron chi connectivity index (χ1n) is 7.63. The number of hydrogen-bond donors (Lipinski definition) is 1. The molecule has 0 bridgehead atoms. The average molecular weight is 338 g/mol. The molecule has 130 valence electrons. The van der Waals surface area contributed by atoms with Crippen molar-refractivity contribution in [1.82, 2.24) is 10.3 Å². The molecule has 0 unspecified atom stereocenters. The van der Waals surface area contributed by atoms with E-state index in [1.54, 1.807) is 6.08 Å². The van der Waals surface area contributed by atoms with Gasteiger partial charge in [0.2, 0.25) is 11.9 Å². The molecular formula is C16H21BF2N2O3. The first-order valence-corrected chi connectivity index (χ1v) is 7.63. The number of carbonyl (C=O) groups excluding carboxylic acids is 1. The van der Waals surface area contributed by atoms with Gasteiger partial charge >= 0.3 is 7.12 Å². The van der Waals surface area contributed by atoms with Crippen molar-refractivity contribution >= 4 is 19.1 Å². The number of halogens is 2. The molecule has 24 heavy (non-hydrogen) atoms. The van der Waals surface area contributed by atoms with Crippen LogP contribution in [0.1, 0.15) is 40.2 Å². The zero-order chi connectivity index (χ0) is 18.1. The minimum atomic E-state index is -1.16. The Morgan fingerprint density at radius 3 is 2.38 bits per heavy atom. The fraction of sp³-hybridized carbons (Fsp3) is 0.500. The van der Waals surface area contributed by atoms with Gasteiger partial charge in [-0.3, -0.25) is 4.79 Å². The summed E-state index contributed by atoms with van der Waals surface area (Å²) in [7, 11) is -0.713. The minimum Gasteiger partial charge on any atom is -0.400 e. The highest BCUT2D eigenvalue weighted by atomic mass is 19.2. The van der Waals surface area contributed by atoms with Crippen LogP contribution in [0.25, 0.3) is 6.08 Å². The molecule has 1 fully saturated rings. The average Bonchev–Trinajstić information content (AvgIpc) is 2.67. The third kappa shape index (κ3) is 3.99. The van der Waals surface area contributed by atoms with E-state index in [4.69, 9.17) is 9.31 Å². The van der Waals surface area contributed by atoms with E-state index >= 15 is 0 Å². The van der Waals surface area contributed by atoms with Crippen molar-refractivity contribution in [3.63, 3.8) is 0 Å². The third-order valence-electron chi connectivity index (χ3n) is 4.27. The van der Waals surface area contributed by atoms with Crippen molar-refractivity contribution < 1.29 is 22.9 Å². The standard InChI is InChI=1S/C16H21BF2N2O3/c1-10(22)20-9-12(6-11-7-13(18)14(19)21-8-11)17-23-15(2,3)16(4,5)24-17/h6-8H,9H2,1-5H3,(H,20,22). The van der Waals surface area contributed by atoms with Crippen LogP contribution in [0.2, 0.25) is 0 Å². The maximum Gasteiger partial charge on any atom is 0.492 e. The molecule has 0 aromatic carbocycles. The monoisotopic (exact) mass is 338 g/mol. The van der Waals surface area contributed by atoms with E-state index in [-0.39, 0.29) is 12.5 Å². The van der Waals surface area contributed by atoms with Gasteiger partial charge in [-0.1, -0.05) is 6.08 Å². The maximum absolute atomic E-state index is 13.4. The van der Waals surface area contributed by atoms with E-state index in [0.717, 1.165) is 6.07 Å². The lowest BCUT2D eigenvalue weighted by atomic mass is 9.77. The molecule has 2 rings (SSSR count). The molecule has 5 nitrogen and oxygen atoms in total. The van der Waals surface area contributed by atoms with E-state index in [1.165, 1.54) is 13.1 Å². The summed E-state index contributed by atoms with van der Waals surface area (Å²) in [5, 5.41) is 2.67. The summed E-state index contributed by atoms with van der Waals surface area (Å²) >= 11 is 0. The predicted octanol–water partition coefficient (Wildman–Crippen LogP) is 2.51. The first-order chi connectivity index (χ1) is 11.0. The van der Waals surface area contributed by atoms with Crippen LogP contribution in [0.3, 0.4) is 0 Å². The lowest BCUT2D eigenvalue weighted by Crippen LogP contribution is -2.41. The number of carbonyl (C=O) groups is 1. The van der Waals surface area contributed by atoms with Gasteiger partial charge in [0.1, 0.15) is 0 Å². The van der Waals surface area contributed by atoms with Crippen molar-refractivity contribution in [2.45, 2.75) is 45.8 Å². The molecule has 0 spiro atoms. The molecule has 2 heterocycles. The molecule has 0 radical (unpaired) electrons. The number of nitrogens with one attached hydrogen (secondary N) is 1. The minimum absolute atomic E-state index is 0.158.